The first-order valence-electron chi connectivity index (χ1n) is 11.3. The summed E-state index contributed by atoms with van der Waals surface area (Å²) in [7, 11) is 0. The fourth-order valence-corrected chi connectivity index (χ4v) is 4.42. The normalized spacial score (nSPS) is 13.0. The molecule has 0 aliphatic carbocycles. The van der Waals surface area contributed by atoms with Crippen molar-refractivity contribution in [2.24, 2.45) is 5.92 Å². The van der Waals surface area contributed by atoms with E-state index in [2.05, 4.69) is 15.6 Å². The standard InChI is InChI=1S/C26H27F2N3O4S/c1-15(25(34)35)12-20(22(32)31-26(2,3)13-16-4-8-18(27)9-5-16)30-23(33)21-14-29-24(36-21)17-6-10-19(28)11-7-17/h4-11,14-15,20H,12-13H2,1-3H3,(H,30,33)(H,31,32)(H,34,35)/t15?,20-/m0/s1. The second kappa shape index (κ2) is 11.4. The van der Waals surface area contributed by atoms with Crippen molar-refractivity contribution in [3.05, 3.63) is 76.8 Å². The van der Waals surface area contributed by atoms with Gasteiger partial charge in [-0.1, -0.05) is 19.1 Å². The number of halogens is 2. The molecule has 0 saturated carbocycles. The molecule has 10 heteroatoms. The largest absolute Gasteiger partial charge is 0.481 e. The van der Waals surface area contributed by atoms with Crippen molar-refractivity contribution in [2.75, 3.05) is 0 Å². The van der Waals surface area contributed by atoms with Crippen LogP contribution >= 0.6 is 11.3 Å². The maximum absolute atomic E-state index is 13.2. The van der Waals surface area contributed by atoms with Gasteiger partial charge in [-0.15, -0.1) is 11.3 Å². The van der Waals surface area contributed by atoms with E-state index in [4.69, 9.17) is 0 Å². The summed E-state index contributed by atoms with van der Waals surface area (Å²) >= 11 is 1.07. The van der Waals surface area contributed by atoms with Crippen LogP contribution in [-0.2, 0) is 16.0 Å². The van der Waals surface area contributed by atoms with Crippen molar-refractivity contribution in [1.82, 2.24) is 15.6 Å². The first-order valence-corrected chi connectivity index (χ1v) is 12.1. The van der Waals surface area contributed by atoms with Gasteiger partial charge in [-0.2, -0.15) is 0 Å². The second-order valence-electron chi connectivity index (χ2n) is 9.21. The van der Waals surface area contributed by atoms with E-state index in [9.17, 15) is 28.3 Å². The molecular formula is C26H27F2N3O4S. The van der Waals surface area contributed by atoms with Gasteiger partial charge in [0, 0.05) is 11.1 Å². The molecule has 2 atom stereocenters. The number of hydrogen-bond acceptors (Lipinski definition) is 5. The van der Waals surface area contributed by atoms with Crippen molar-refractivity contribution in [2.45, 2.75) is 45.2 Å². The Balaban J connectivity index is 1.73. The third kappa shape index (κ3) is 7.42. The van der Waals surface area contributed by atoms with Crippen molar-refractivity contribution in [3.8, 4) is 10.6 Å². The molecule has 190 valence electrons. The summed E-state index contributed by atoms with van der Waals surface area (Å²) in [6.07, 6.45) is 1.62. The molecule has 3 aromatic rings. The zero-order valence-corrected chi connectivity index (χ0v) is 20.9. The number of hydrogen-bond donors (Lipinski definition) is 3. The van der Waals surface area contributed by atoms with Crippen LogP contribution in [0.1, 0.15) is 42.4 Å². The minimum atomic E-state index is -1.12. The van der Waals surface area contributed by atoms with E-state index in [0.717, 1.165) is 16.9 Å². The summed E-state index contributed by atoms with van der Waals surface area (Å²) in [6, 6.07) is 10.5. The van der Waals surface area contributed by atoms with E-state index in [1.807, 2.05) is 0 Å². The maximum atomic E-state index is 13.2. The Morgan fingerprint density at radius 3 is 2.19 bits per heavy atom. The van der Waals surface area contributed by atoms with E-state index < -0.39 is 41.1 Å². The summed E-state index contributed by atoms with van der Waals surface area (Å²) in [5, 5.41) is 15.4. The Labute approximate surface area is 211 Å². The van der Waals surface area contributed by atoms with Gasteiger partial charge in [-0.25, -0.2) is 13.8 Å². The molecule has 0 fully saturated rings. The number of nitrogens with one attached hydrogen (secondary N) is 2. The minimum absolute atomic E-state index is 0.122. The number of thiazole rings is 1. The third-order valence-electron chi connectivity index (χ3n) is 5.47. The van der Waals surface area contributed by atoms with Crippen LogP contribution in [0.5, 0.6) is 0 Å². The lowest BCUT2D eigenvalue weighted by atomic mass is 9.93. The molecule has 1 unspecified atom stereocenters. The summed E-state index contributed by atoms with van der Waals surface area (Å²) in [4.78, 5) is 42.0. The van der Waals surface area contributed by atoms with Crippen LogP contribution in [0.4, 0.5) is 8.78 Å². The molecule has 0 aliphatic rings. The first kappa shape index (κ1) is 26.9. The van der Waals surface area contributed by atoms with Crippen molar-refractivity contribution in [1.29, 1.82) is 0 Å². The molecule has 0 radical (unpaired) electrons. The lowest BCUT2D eigenvalue weighted by Crippen LogP contribution is -2.54. The Kier molecular flexibility index (Phi) is 8.52. The summed E-state index contributed by atoms with van der Waals surface area (Å²) < 4.78 is 26.4. The monoisotopic (exact) mass is 515 g/mol. The number of benzene rings is 2. The number of aliphatic carboxylic acids is 1. The van der Waals surface area contributed by atoms with Gasteiger partial charge in [0.05, 0.1) is 12.1 Å². The van der Waals surface area contributed by atoms with Crippen LogP contribution in [0.15, 0.2) is 54.7 Å². The number of rotatable bonds is 10. The van der Waals surface area contributed by atoms with E-state index in [0.29, 0.717) is 17.0 Å². The Bertz CT molecular complexity index is 1230. The zero-order chi connectivity index (χ0) is 26.5. The van der Waals surface area contributed by atoms with Crippen LogP contribution in [0.3, 0.4) is 0 Å². The van der Waals surface area contributed by atoms with Crippen molar-refractivity contribution < 1.29 is 28.3 Å². The molecule has 3 rings (SSSR count). The van der Waals surface area contributed by atoms with Gasteiger partial charge in [-0.3, -0.25) is 14.4 Å². The van der Waals surface area contributed by atoms with Crippen LogP contribution in [0, 0.1) is 17.6 Å². The molecule has 2 aromatic carbocycles. The highest BCUT2D eigenvalue weighted by atomic mass is 32.1. The lowest BCUT2D eigenvalue weighted by Gasteiger charge is -2.30. The predicted molar refractivity (Wildman–Crippen MR) is 133 cm³/mol. The second-order valence-corrected chi connectivity index (χ2v) is 10.2. The highest BCUT2D eigenvalue weighted by Gasteiger charge is 2.31. The summed E-state index contributed by atoms with van der Waals surface area (Å²) in [6.45, 7) is 5.02. The fourth-order valence-electron chi connectivity index (χ4n) is 3.60. The maximum Gasteiger partial charge on any atom is 0.306 e. The van der Waals surface area contributed by atoms with Crippen LogP contribution in [0.2, 0.25) is 0 Å². The average molecular weight is 516 g/mol. The lowest BCUT2D eigenvalue weighted by molar-refractivity contribution is -0.141. The molecule has 7 nitrogen and oxygen atoms in total. The number of aromatic nitrogens is 1. The van der Waals surface area contributed by atoms with Gasteiger partial charge in [0.1, 0.15) is 27.6 Å². The van der Waals surface area contributed by atoms with Crippen molar-refractivity contribution >= 4 is 29.1 Å². The number of amides is 2. The Morgan fingerprint density at radius 1 is 1.03 bits per heavy atom. The highest BCUT2D eigenvalue weighted by molar-refractivity contribution is 7.16. The van der Waals surface area contributed by atoms with Crippen LogP contribution < -0.4 is 10.6 Å². The molecule has 0 spiro atoms. The van der Waals surface area contributed by atoms with E-state index in [1.165, 1.54) is 37.4 Å². The topological polar surface area (TPSA) is 108 Å². The van der Waals surface area contributed by atoms with E-state index in [-0.39, 0.29) is 17.1 Å². The molecule has 0 bridgehead atoms. The molecule has 0 aliphatic heterocycles. The molecular weight excluding hydrogens is 488 g/mol. The first-order chi connectivity index (χ1) is 16.9. The highest BCUT2D eigenvalue weighted by Crippen LogP contribution is 2.25. The molecule has 2 amide bonds. The zero-order valence-electron chi connectivity index (χ0n) is 20.0. The number of carboxylic acid groups (broad SMARTS) is 1. The summed E-state index contributed by atoms with van der Waals surface area (Å²) in [5.74, 6) is -3.85. The van der Waals surface area contributed by atoms with Crippen LogP contribution in [0.25, 0.3) is 10.6 Å². The molecule has 36 heavy (non-hydrogen) atoms. The van der Waals surface area contributed by atoms with Gasteiger partial charge >= 0.3 is 5.97 Å². The number of carboxylic acids is 1. The van der Waals surface area contributed by atoms with Gasteiger partial charge in [0.25, 0.3) is 5.91 Å². The Hall–Kier alpha value is -3.66. The summed E-state index contributed by atoms with van der Waals surface area (Å²) in [5.41, 5.74) is 0.681. The molecule has 3 N–H and O–H groups in total. The van der Waals surface area contributed by atoms with E-state index >= 15 is 0 Å². The smallest absolute Gasteiger partial charge is 0.306 e. The third-order valence-corrected chi connectivity index (χ3v) is 6.52. The SMILES string of the molecule is CC(C[C@H](NC(=O)c1cnc(-c2ccc(F)cc2)s1)C(=O)NC(C)(C)Cc1ccc(F)cc1)C(=O)O. The predicted octanol–water partition coefficient (Wildman–Crippen LogP) is 4.44. The van der Waals surface area contributed by atoms with Gasteiger partial charge in [-0.05, 0) is 68.7 Å². The number of carbonyl (C=O) groups excluding carboxylic acids is 2. The van der Waals surface area contributed by atoms with Crippen LogP contribution in [-0.4, -0.2) is 39.5 Å². The molecule has 1 heterocycles. The number of nitrogens with zero attached hydrogens (tertiary/aromatic N) is 1. The quantitative estimate of drug-likeness (QED) is 0.370. The van der Waals surface area contributed by atoms with Gasteiger partial charge < -0.3 is 15.7 Å². The number of carbonyl (C=O) groups is 3. The van der Waals surface area contributed by atoms with E-state index in [1.54, 1.807) is 38.1 Å². The van der Waals surface area contributed by atoms with Crippen molar-refractivity contribution in [3.63, 3.8) is 0 Å². The molecule has 0 saturated heterocycles. The van der Waals surface area contributed by atoms with Gasteiger partial charge in [0.15, 0.2) is 0 Å². The Morgan fingerprint density at radius 2 is 1.61 bits per heavy atom. The fraction of sp³-hybridized carbons (Fsp3) is 0.308. The van der Waals surface area contributed by atoms with Gasteiger partial charge in [0.2, 0.25) is 5.91 Å². The average Bonchev–Trinajstić information content (AvgIpc) is 3.30. The molecule has 1 aromatic heterocycles. The minimum Gasteiger partial charge on any atom is -0.481 e.